The lowest BCUT2D eigenvalue weighted by atomic mass is 10.1. The van der Waals surface area contributed by atoms with E-state index in [1.807, 2.05) is 0 Å². The van der Waals surface area contributed by atoms with Gasteiger partial charge in [0.05, 0.1) is 5.56 Å². The quantitative estimate of drug-likeness (QED) is 0.862. The smallest absolute Gasteiger partial charge is 0.252 e. The molecule has 1 fully saturated rings. The van der Waals surface area contributed by atoms with Crippen LogP contribution in [0.4, 0.5) is 0 Å². The van der Waals surface area contributed by atoms with Gasteiger partial charge in [0.15, 0.2) is 0 Å². The van der Waals surface area contributed by atoms with Crippen LogP contribution in [0.1, 0.15) is 29.6 Å². The summed E-state index contributed by atoms with van der Waals surface area (Å²) in [6.07, 6.45) is 2.85. The molecule has 0 bridgehead atoms. The van der Waals surface area contributed by atoms with Crippen molar-refractivity contribution in [1.82, 2.24) is 0 Å². The van der Waals surface area contributed by atoms with Crippen LogP contribution in [0.2, 0.25) is 5.02 Å². The number of carbonyl (C=O) groups is 1. The maximum absolute atomic E-state index is 11.3. The van der Waals surface area contributed by atoms with Crippen molar-refractivity contribution >= 4 is 17.5 Å². The van der Waals surface area contributed by atoms with Crippen LogP contribution in [0.5, 0.6) is 5.75 Å². The van der Waals surface area contributed by atoms with Gasteiger partial charge in [-0.15, -0.1) is 0 Å². The molecule has 2 unspecified atom stereocenters. The highest BCUT2D eigenvalue weighted by Gasteiger charge is 2.26. The highest BCUT2D eigenvalue weighted by Crippen LogP contribution is 2.28. The van der Waals surface area contributed by atoms with Crippen LogP contribution in [0, 0.1) is 0 Å². The molecule has 1 amide bonds. The summed E-state index contributed by atoms with van der Waals surface area (Å²) in [6, 6.07) is 4.86. The lowest BCUT2D eigenvalue weighted by molar-refractivity contribution is 0.0992. The van der Waals surface area contributed by atoms with Crippen molar-refractivity contribution in [2.24, 2.45) is 11.5 Å². The van der Waals surface area contributed by atoms with Gasteiger partial charge in [0.25, 0.3) is 5.91 Å². The molecule has 4 nitrogen and oxygen atoms in total. The molecule has 0 saturated heterocycles. The van der Waals surface area contributed by atoms with Crippen molar-refractivity contribution in [1.29, 1.82) is 0 Å². The molecule has 17 heavy (non-hydrogen) atoms. The van der Waals surface area contributed by atoms with E-state index in [1.165, 1.54) is 6.07 Å². The second-order valence-electron chi connectivity index (χ2n) is 4.26. The van der Waals surface area contributed by atoms with Gasteiger partial charge in [-0.2, -0.15) is 0 Å². The van der Waals surface area contributed by atoms with Crippen LogP contribution in [-0.4, -0.2) is 18.1 Å². The van der Waals surface area contributed by atoms with Crippen molar-refractivity contribution in [2.45, 2.75) is 31.4 Å². The SMILES string of the molecule is NC(=O)c1cc(Cl)ccc1OC1CCCC1N. The van der Waals surface area contributed by atoms with Crippen LogP contribution in [-0.2, 0) is 0 Å². The normalized spacial score (nSPS) is 23.6. The molecule has 0 aromatic heterocycles. The van der Waals surface area contributed by atoms with E-state index in [0.29, 0.717) is 16.3 Å². The summed E-state index contributed by atoms with van der Waals surface area (Å²) in [5, 5.41) is 0.460. The zero-order valence-electron chi connectivity index (χ0n) is 9.36. The molecule has 0 aliphatic heterocycles. The number of hydrogen-bond donors (Lipinski definition) is 2. The van der Waals surface area contributed by atoms with Crippen LogP contribution >= 0.6 is 11.6 Å². The maximum Gasteiger partial charge on any atom is 0.252 e. The Morgan fingerprint density at radius 1 is 1.41 bits per heavy atom. The van der Waals surface area contributed by atoms with Gasteiger partial charge < -0.3 is 16.2 Å². The highest BCUT2D eigenvalue weighted by atomic mass is 35.5. The largest absolute Gasteiger partial charge is 0.488 e. The first-order valence-electron chi connectivity index (χ1n) is 5.59. The van der Waals surface area contributed by atoms with Crippen LogP contribution in [0.3, 0.4) is 0 Å². The molecule has 1 aromatic rings. The van der Waals surface area contributed by atoms with Gasteiger partial charge in [0, 0.05) is 11.1 Å². The number of halogens is 1. The van der Waals surface area contributed by atoms with Gasteiger partial charge in [0.2, 0.25) is 0 Å². The van der Waals surface area contributed by atoms with E-state index in [2.05, 4.69) is 0 Å². The van der Waals surface area contributed by atoms with Gasteiger partial charge in [-0.3, -0.25) is 4.79 Å². The number of primary amides is 1. The number of amides is 1. The summed E-state index contributed by atoms with van der Waals surface area (Å²) >= 11 is 5.82. The molecule has 1 saturated carbocycles. The van der Waals surface area contributed by atoms with Crippen LogP contribution < -0.4 is 16.2 Å². The van der Waals surface area contributed by atoms with E-state index in [4.69, 9.17) is 27.8 Å². The van der Waals surface area contributed by atoms with Gasteiger partial charge in [-0.25, -0.2) is 0 Å². The number of nitrogens with two attached hydrogens (primary N) is 2. The fraction of sp³-hybridized carbons (Fsp3) is 0.417. The minimum atomic E-state index is -0.547. The monoisotopic (exact) mass is 254 g/mol. The maximum atomic E-state index is 11.3. The minimum absolute atomic E-state index is 0.0198. The van der Waals surface area contributed by atoms with Gasteiger partial charge in [0.1, 0.15) is 11.9 Å². The highest BCUT2D eigenvalue weighted by molar-refractivity contribution is 6.31. The summed E-state index contributed by atoms with van der Waals surface area (Å²) < 4.78 is 5.75. The number of benzene rings is 1. The zero-order chi connectivity index (χ0) is 12.4. The Morgan fingerprint density at radius 2 is 2.18 bits per heavy atom. The number of hydrogen-bond acceptors (Lipinski definition) is 3. The number of carbonyl (C=O) groups excluding carboxylic acids is 1. The van der Waals surface area contributed by atoms with Gasteiger partial charge in [-0.05, 0) is 37.5 Å². The summed E-state index contributed by atoms with van der Waals surface area (Å²) in [5.41, 5.74) is 11.5. The zero-order valence-corrected chi connectivity index (χ0v) is 10.1. The Balaban J connectivity index is 2.22. The molecule has 2 atom stereocenters. The first kappa shape index (κ1) is 12.2. The standard InChI is InChI=1S/C12H15ClN2O2/c13-7-4-5-10(8(6-7)12(15)16)17-11-3-1-2-9(11)14/h4-6,9,11H,1-3,14H2,(H2,15,16). The molecule has 92 valence electrons. The molecule has 0 heterocycles. The Morgan fingerprint density at radius 3 is 2.76 bits per heavy atom. The van der Waals surface area contributed by atoms with Gasteiger partial charge >= 0.3 is 0 Å². The van der Waals surface area contributed by atoms with Crippen LogP contribution in [0.15, 0.2) is 18.2 Å². The summed E-state index contributed by atoms with van der Waals surface area (Å²) in [7, 11) is 0. The third kappa shape index (κ3) is 2.70. The Bertz CT molecular complexity index is 437. The lowest BCUT2D eigenvalue weighted by Crippen LogP contribution is -2.34. The lowest BCUT2D eigenvalue weighted by Gasteiger charge is -2.19. The number of ether oxygens (including phenoxy) is 1. The Labute approximate surface area is 105 Å². The van der Waals surface area contributed by atoms with Crippen molar-refractivity contribution in [2.75, 3.05) is 0 Å². The van der Waals surface area contributed by atoms with Crippen LogP contribution in [0.25, 0.3) is 0 Å². The predicted molar refractivity (Wildman–Crippen MR) is 66.2 cm³/mol. The molecule has 1 aliphatic rings. The first-order chi connectivity index (χ1) is 8.08. The minimum Gasteiger partial charge on any atom is -0.488 e. The van der Waals surface area contributed by atoms with Crippen molar-refractivity contribution in [3.05, 3.63) is 28.8 Å². The Kier molecular flexibility index (Phi) is 3.54. The second-order valence-corrected chi connectivity index (χ2v) is 4.69. The molecule has 4 N–H and O–H groups in total. The molecule has 5 heteroatoms. The molecule has 1 aromatic carbocycles. The van der Waals surface area contributed by atoms with E-state index < -0.39 is 5.91 Å². The van der Waals surface area contributed by atoms with E-state index in [0.717, 1.165) is 19.3 Å². The van der Waals surface area contributed by atoms with E-state index in [-0.39, 0.29) is 12.1 Å². The van der Waals surface area contributed by atoms with E-state index >= 15 is 0 Å². The number of rotatable bonds is 3. The topological polar surface area (TPSA) is 78.3 Å². The van der Waals surface area contributed by atoms with E-state index in [1.54, 1.807) is 12.1 Å². The summed E-state index contributed by atoms with van der Waals surface area (Å²) in [5.74, 6) is -0.0849. The third-order valence-electron chi connectivity index (χ3n) is 2.99. The van der Waals surface area contributed by atoms with Crippen molar-refractivity contribution in [3.63, 3.8) is 0 Å². The van der Waals surface area contributed by atoms with Crippen molar-refractivity contribution in [3.8, 4) is 5.75 Å². The fourth-order valence-electron chi connectivity index (χ4n) is 2.06. The molecule has 0 radical (unpaired) electrons. The fourth-order valence-corrected chi connectivity index (χ4v) is 2.23. The average molecular weight is 255 g/mol. The third-order valence-corrected chi connectivity index (χ3v) is 3.22. The van der Waals surface area contributed by atoms with Crippen molar-refractivity contribution < 1.29 is 9.53 Å². The molecule has 2 rings (SSSR count). The molecular formula is C12H15ClN2O2. The van der Waals surface area contributed by atoms with E-state index in [9.17, 15) is 4.79 Å². The predicted octanol–water partition coefficient (Wildman–Crippen LogP) is 1.70. The Hall–Kier alpha value is -1.26. The first-order valence-corrected chi connectivity index (χ1v) is 5.97. The average Bonchev–Trinajstić information content (AvgIpc) is 2.67. The van der Waals surface area contributed by atoms with Gasteiger partial charge in [-0.1, -0.05) is 11.6 Å². The molecule has 1 aliphatic carbocycles. The summed E-state index contributed by atoms with van der Waals surface area (Å²) in [6.45, 7) is 0. The second kappa shape index (κ2) is 4.94. The molecular weight excluding hydrogens is 240 g/mol. The summed E-state index contributed by atoms with van der Waals surface area (Å²) in [4.78, 5) is 11.3. The molecule has 0 spiro atoms.